The molecule has 1 aromatic carbocycles. The van der Waals surface area contributed by atoms with Gasteiger partial charge in [-0.2, -0.15) is 0 Å². The topological polar surface area (TPSA) is 80.2 Å². The lowest BCUT2D eigenvalue weighted by Crippen LogP contribution is -2.40. The second-order valence-electron chi connectivity index (χ2n) is 7.76. The van der Waals surface area contributed by atoms with Crippen molar-refractivity contribution in [2.45, 2.75) is 19.4 Å². The third-order valence-corrected chi connectivity index (χ3v) is 5.68. The van der Waals surface area contributed by atoms with E-state index in [9.17, 15) is 9.18 Å². The van der Waals surface area contributed by atoms with Crippen LogP contribution in [0.25, 0.3) is 11.4 Å². The van der Waals surface area contributed by atoms with Crippen molar-refractivity contribution < 1.29 is 13.9 Å². The van der Waals surface area contributed by atoms with Crippen LogP contribution in [0.1, 0.15) is 17.7 Å². The molecule has 2 aliphatic rings. The highest BCUT2D eigenvalue weighted by atomic mass is 19.1. The average molecular weight is 419 g/mol. The molecule has 3 aromatic rings. The number of carbonyl (C=O) groups is 1. The van der Waals surface area contributed by atoms with E-state index in [1.165, 1.54) is 12.1 Å². The van der Waals surface area contributed by atoms with Gasteiger partial charge in [-0.05, 0) is 36.8 Å². The molecular weight excluding hydrogens is 397 g/mol. The van der Waals surface area contributed by atoms with Gasteiger partial charge in [-0.25, -0.2) is 14.4 Å². The molecule has 2 aromatic heterocycles. The molecule has 1 atom stereocenters. The average Bonchev–Trinajstić information content (AvgIpc) is 3.34. The van der Waals surface area contributed by atoms with Gasteiger partial charge < -0.3 is 15.0 Å². The molecule has 1 N–H and O–H groups in total. The number of benzene rings is 1. The smallest absolute Gasteiger partial charge is 0.228 e. The van der Waals surface area contributed by atoms with Crippen molar-refractivity contribution >= 4 is 17.4 Å². The van der Waals surface area contributed by atoms with E-state index in [0.29, 0.717) is 50.1 Å². The van der Waals surface area contributed by atoms with Crippen LogP contribution in [-0.4, -0.2) is 45.5 Å². The van der Waals surface area contributed by atoms with Crippen LogP contribution in [0.15, 0.2) is 48.8 Å². The highest BCUT2D eigenvalue weighted by Crippen LogP contribution is 2.30. The molecule has 4 heterocycles. The molecule has 0 unspecified atom stereocenters. The summed E-state index contributed by atoms with van der Waals surface area (Å²) in [7, 11) is 0. The Balaban J connectivity index is 1.51. The Morgan fingerprint density at radius 2 is 2.06 bits per heavy atom. The third kappa shape index (κ3) is 4.11. The molecule has 0 bridgehead atoms. The van der Waals surface area contributed by atoms with Gasteiger partial charge in [0, 0.05) is 48.8 Å². The first-order chi connectivity index (χ1) is 15.2. The van der Waals surface area contributed by atoms with Crippen LogP contribution in [0, 0.1) is 11.7 Å². The lowest BCUT2D eigenvalue weighted by molar-refractivity contribution is -0.136. The molecule has 7 nitrogen and oxygen atoms in total. The number of halogens is 1. The first kappa shape index (κ1) is 19.6. The van der Waals surface area contributed by atoms with E-state index in [0.717, 1.165) is 23.2 Å². The maximum atomic E-state index is 13.7. The summed E-state index contributed by atoms with van der Waals surface area (Å²) in [6.45, 7) is 2.13. The first-order valence-electron chi connectivity index (χ1n) is 10.4. The van der Waals surface area contributed by atoms with Gasteiger partial charge >= 0.3 is 0 Å². The Labute approximate surface area is 179 Å². The van der Waals surface area contributed by atoms with Crippen LogP contribution in [-0.2, 0) is 22.5 Å². The Morgan fingerprint density at radius 3 is 2.84 bits per heavy atom. The van der Waals surface area contributed by atoms with Crippen molar-refractivity contribution in [3.05, 3.63) is 65.9 Å². The summed E-state index contributed by atoms with van der Waals surface area (Å²) in [5, 5.41) is 3.24. The minimum atomic E-state index is -0.333. The molecule has 8 heteroatoms. The lowest BCUT2D eigenvalue weighted by Gasteiger charge is -2.31. The number of carbonyl (C=O) groups excluding carboxylic acids is 1. The van der Waals surface area contributed by atoms with Gasteiger partial charge in [-0.15, -0.1) is 0 Å². The second kappa shape index (κ2) is 8.39. The van der Waals surface area contributed by atoms with Gasteiger partial charge in [-0.1, -0.05) is 6.07 Å². The predicted octanol–water partition coefficient (Wildman–Crippen LogP) is 3.34. The summed E-state index contributed by atoms with van der Waals surface area (Å²) in [6, 6.07) is 9.95. The fourth-order valence-electron chi connectivity index (χ4n) is 4.03. The van der Waals surface area contributed by atoms with Crippen LogP contribution in [0.3, 0.4) is 0 Å². The normalized spacial score (nSPS) is 18.0. The molecule has 1 saturated heterocycles. The second-order valence-corrected chi connectivity index (χ2v) is 7.76. The molecule has 2 aliphatic heterocycles. The SMILES string of the molecule is O=C([C@H]1CCOC1)N1CCc2nc(-c3ccncc3)nc(Nc3cccc(F)c3)c2C1. The number of fused-ring (bicyclic) bond motifs is 1. The van der Waals surface area contributed by atoms with Crippen molar-refractivity contribution in [1.29, 1.82) is 0 Å². The van der Waals surface area contributed by atoms with Crippen LogP contribution in [0.2, 0.25) is 0 Å². The van der Waals surface area contributed by atoms with Crippen LogP contribution < -0.4 is 5.32 Å². The molecule has 1 amide bonds. The number of anilines is 2. The van der Waals surface area contributed by atoms with E-state index >= 15 is 0 Å². The summed E-state index contributed by atoms with van der Waals surface area (Å²) >= 11 is 0. The van der Waals surface area contributed by atoms with E-state index in [2.05, 4.69) is 10.3 Å². The molecule has 5 rings (SSSR count). The number of amides is 1. The Hall–Kier alpha value is -3.39. The van der Waals surface area contributed by atoms with E-state index in [1.54, 1.807) is 24.5 Å². The molecule has 0 saturated carbocycles. The summed E-state index contributed by atoms with van der Waals surface area (Å²) < 4.78 is 19.1. The number of nitrogens with zero attached hydrogens (tertiary/aromatic N) is 4. The first-order valence-corrected chi connectivity index (χ1v) is 10.4. The number of nitrogens with one attached hydrogen (secondary N) is 1. The summed E-state index contributed by atoms with van der Waals surface area (Å²) in [4.78, 5) is 28.4. The van der Waals surface area contributed by atoms with E-state index < -0.39 is 0 Å². The number of pyridine rings is 1. The standard InChI is InChI=1S/C23H22FN5O2/c24-17-2-1-3-18(12-17)26-22-19-13-29(23(30)16-7-11-31-14-16)10-6-20(19)27-21(28-22)15-4-8-25-9-5-15/h1-5,8-9,12,16H,6-7,10-11,13-14H2,(H,26,27,28)/t16-/m0/s1. The zero-order valence-electron chi connectivity index (χ0n) is 16.9. The quantitative estimate of drug-likeness (QED) is 0.699. The van der Waals surface area contributed by atoms with Gasteiger partial charge in [0.1, 0.15) is 11.6 Å². The number of hydrogen-bond acceptors (Lipinski definition) is 6. The maximum absolute atomic E-state index is 13.7. The van der Waals surface area contributed by atoms with Crippen molar-refractivity contribution in [2.24, 2.45) is 5.92 Å². The molecular formula is C23H22FN5O2. The summed E-state index contributed by atoms with van der Waals surface area (Å²) in [5.41, 5.74) is 3.20. The van der Waals surface area contributed by atoms with Crippen molar-refractivity contribution in [1.82, 2.24) is 19.9 Å². The van der Waals surface area contributed by atoms with Gasteiger partial charge in [0.15, 0.2) is 5.82 Å². The molecule has 1 fully saturated rings. The zero-order chi connectivity index (χ0) is 21.2. The Kier molecular flexibility index (Phi) is 5.30. The largest absolute Gasteiger partial charge is 0.381 e. The highest BCUT2D eigenvalue weighted by Gasteiger charge is 2.32. The van der Waals surface area contributed by atoms with E-state index in [1.807, 2.05) is 17.0 Å². The minimum absolute atomic E-state index is 0.0850. The number of hydrogen-bond donors (Lipinski definition) is 1. The fourth-order valence-corrected chi connectivity index (χ4v) is 4.03. The predicted molar refractivity (Wildman–Crippen MR) is 113 cm³/mol. The molecule has 31 heavy (non-hydrogen) atoms. The van der Waals surface area contributed by atoms with Crippen LogP contribution in [0.4, 0.5) is 15.9 Å². The van der Waals surface area contributed by atoms with Crippen molar-refractivity contribution in [3.8, 4) is 11.4 Å². The maximum Gasteiger partial charge on any atom is 0.228 e. The number of rotatable bonds is 4. The molecule has 0 spiro atoms. The summed E-state index contributed by atoms with van der Waals surface area (Å²) in [5.74, 6) is 0.850. The Bertz CT molecular complexity index is 1100. The number of ether oxygens (including phenoxy) is 1. The van der Waals surface area contributed by atoms with Gasteiger partial charge in [0.05, 0.1) is 24.8 Å². The highest BCUT2D eigenvalue weighted by molar-refractivity contribution is 5.80. The molecule has 0 aliphatic carbocycles. The number of aromatic nitrogens is 3. The Morgan fingerprint density at radius 1 is 1.19 bits per heavy atom. The minimum Gasteiger partial charge on any atom is -0.381 e. The van der Waals surface area contributed by atoms with Crippen LogP contribution in [0.5, 0.6) is 0 Å². The van der Waals surface area contributed by atoms with Crippen molar-refractivity contribution in [2.75, 3.05) is 25.1 Å². The van der Waals surface area contributed by atoms with Gasteiger partial charge in [0.25, 0.3) is 0 Å². The fraction of sp³-hybridized carbons (Fsp3) is 0.304. The van der Waals surface area contributed by atoms with E-state index in [4.69, 9.17) is 14.7 Å². The lowest BCUT2D eigenvalue weighted by atomic mass is 10.0. The van der Waals surface area contributed by atoms with Gasteiger partial charge in [0.2, 0.25) is 5.91 Å². The van der Waals surface area contributed by atoms with Crippen LogP contribution >= 0.6 is 0 Å². The molecule has 158 valence electrons. The van der Waals surface area contributed by atoms with Crippen molar-refractivity contribution in [3.63, 3.8) is 0 Å². The van der Waals surface area contributed by atoms with Gasteiger partial charge in [-0.3, -0.25) is 9.78 Å². The summed E-state index contributed by atoms with van der Waals surface area (Å²) in [6.07, 6.45) is 4.78. The third-order valence-electron chi connectivity index (χ3n) is 5.68. The monoisotopic (exact) mass is 419 g/mol. The zero-order valence-corrected chi connectivity index (χ0v) is 16.9. The van der Waals surface area contributed by atoms with E-state index in [-0.39, 0.29) is 17.6 Å². The molecule has 0 radical (unpaired) electrons.